The van der Waals surface area contributed by atoms with Gasteiger partial charge < -0.3 is 10.6 Å². The molecule has 0 saturated carbocycles. The van der Waals surface area contributed by atoms with E-state index in [0.717, 1.165) is 24.2 Å². The van der Waals surface area contributed by atoms with E-state index in [9.17, 15) is 4.79 Å². The lowest BCUT2D eigenvalue weighted by Crippen LogP contribution is -2.38. The first-order chi connectivity index (χ1) is 10.2. The molecule has 2 aromatic carbocycles. The Bertz CT molecular complexity index is 639. The van der Waals surface area contributed by atoms with Crippen LogP contribution in [0, 0.1) is 5.92 Å². The zero-order chi connectivity index (χ0) is 14.8. The summed E-state index contributed by atoms with van der Waals surface area (Å²) in [4.78, 5) is 14.6. The lowest BCUT2D eigenvalue weighted by atomic mass is 9.94. The predicted octanol–water partition coefficient (Wildman–Crippen LogP) is 2.91. The second kappa shape index (κ2) is 5.70. The minimum Gasteiger partial charge on any atom is -0.323 e. The molecule has 2 unspecified atom stereocenters. The average Bonchev–Trinajstić information content (AvgIpc) is 2.97. The van der Waals surface area contributed by atoms with Crippen LogP contribution in [0.25, 0.3) is 0 Å². The summed E-state index contributed by atoms with van der Waals surface area (Å²) in [7, 11) is 0. The molecule has 0 radical (unpaired) electrons. The Morgan fingerprint density at radius 3 is 2.52 bits per heavy atom. The monoisotopic (exact) mass is 280 g/mol. The van der Waals surface area contributed by atoms with Gasteiger partial charge in [-0.15, -0.1) is 0 Å². The van der Waals surface area contributed by atoms with Crippen LogP contribution in [0.5, 0.6) is 0 Å². The smallest absolute Gasteiger partial charge is 0.231 e. The van der Waals surface area contributed by atoms with Crippen molar-refractivity contribution in [3.63, 3.8) is 0 Å². The van der Waals surface area contributed by atoms with Crippen molar-refractivity contribution in [1.29, 1.82) is 0 Å². The summed E-state index contributed by atoms with van der Waals surface area (Å²) in [6.07, 6.45) is 0.926. The van der Waals surface area contributed by atoms with E-state index in [4.69, 9.17) is 5.73 Å². The highest BCUT2D eigenvalue weighted by Gasteiger charge is 2.31. The van der Waals surface area contributed by atoms with E-state index < -0.39 is 0 Å². The summed E-state index contributed by atoms with van der Waals surface area (Å²) in [5.41, 5.74) is 9.56. The average molecular weight is 280 g/mol. The van der Waals surface area contributed by atoms with Crippen LogP contribution in [0.4, 0.5) is 5.69 Å². The van der Waals surface area contributed by atoms with Gasteiger partial charge in [0, 0.05) is 18.3 Å². The van der Waals surface area contributed by atoms with E-state index in [1.165, 1.54) is 5.56 Å². The van der Waals surface area contributed by atoms with Gasteiger partial charge in [-0.2, -0.15) is 0 Å². The number of anilines is 1. The molecular formula is C18H20N2O. The standard InChI is InChI=1S/C18H20N2O/c1-13(17(19)15-8-3-2-4-9-15)18(21)20-12-11-14-7-5-6-10-16(14)20/h2-10,13,17H,11-12,19H2,1H3. The maximum atomic E-state index is 12.8. The highest BCUT2D eigenvalue weighted by molar-refractivity contribution is 5.97. The molecule has 1 aliphatic heterocycles. The molecule has 1 heterocycles. The van der Waals surface area contributed by atoms with E-state index in [2.05, 4.69) is 6.07 Å². The molecule has 1 aliphatic rings. The first-order valence-electron chi connectivity index (χ1n) is 7.38. The molecular weight excluding hydrogens is 260 g/mol. The van der Waals surface area contributed by atoms with Gasteiger partial charge in [-0.3, -0.25) is 4.79 Å². The second-order valence-corrected chi connectivity index (χ2v) is 5.59. The molecule has 0 aliphatic carbocycles. The van der Waals surface area contributed by atoms with Crippen molar-refractivity contribution < 1.29 is 4.79 Å². The van der Waals surface area contributed by atoms with Crippen molar-refractivity contribution in [3.05, 3.63) is 65.7 Å². The summed E-state index contributed by atoms with van der Waals surface area (Å²) in [6, 6.07) is 17.7. The number of fused-ring (bicyclic) bond motifs is 1. The van der Waals surface area contributed by atoms with Gasteiger partial charge in [0.15, 0.2) is 0 Å². The van der Waals surface area contributed by atoms with Gasteiger partial charge in [-0.25, -0.2) is 0 Å². The number of benzene rings is 2. The Kier molecular flexibility index (Phi) is 3.76. The second-order valence-electron chi connectivity index (χ2n) is 5.59. The van der Waals surface area contributed by atoms with Crippen molar-refractivity contribution in [2.75, 3.05) is 11.4 Å². The molecule has 2 atom stereocenters. The third-order valence-corrected chi connectivity index (χ3v) is 4.27. The lowest BCUT2D eigenvalue weighted by Gasteiger charge is -2.25. The minimum absolute atomic E-state index is 0.108. The van der Waals surface area contributed by atoms with Gasteiger partial charge >= 0.3 is 0 Å². The van der Waals surface area contributed by atoms with Crippen LogP contribution in [0.3, 0.4) is 0 Å². The quantitative estimate of drug-likeness (QED) is 0.939. The van der Waals surface area contributed by atoms with E-state index in [1.807, 2.05) is 60.4 Å². The Morgan fingerprint density at radius 2 is 1.76 bits per heavy atom. The number of para-hydroxylation sites is 1. The maximum absolute atomic E-state index is 12.8. The van der Waals surface area contributed by atoms with Crippen LogP contribution in [0.2, 0.25) is 0 Å². The molecule has 1 amide bonds. The number of nitrogens with zero attached hydrogens (tertiary/aromatic N) is 1. The molecule has 3 heteroatoms. The summed E-state index contributed by atoms with van der Waals surface area (Å²) in [5.74, 6) is -0.130. The molecule has 3 rings (SSSR count). The molecule has 21 heavy (non-hydrogen) atoms. The van der Waals surface area contributed by atoms with Gasteiger partial charge in [0.2, 0.25) is 5.91 Å². The van der Waals surface area contributed by atoms with Crippen LogP contribution in [-0.2, 0) is 11.2 Å². The molecule has 108 valence electrons. The zero-order valence-electron chi connectivity index (χ0n) is 12.2. The lowest BCUT2D eigenvalue weighted by molar-refractivity contribution is -0.122. The van der Waals surface area contributed by atoms with E-state index in [0.29, 0.717) is 0 Å². The van der Waals surface area contributed by atoms with Crippen molar-refractivity contribution in [2.24, 2.45) is 11.7 Å². The number of rotatable bonds is 3. The Hall–Kier alpha value is -2.13. The molecule has 0 saturated heterocycles. The van der Waals surface area contributed by atoms with Crippen LogP contribution < -0.4 is 10.6 Å². The minimum atomic E-state index is -0.272. The van der Waals surface area contributed by atoms with E-state index >= 15 is 0 Å². The molecule has 3 nitrogen and oxygen atoms in total. The van der Waals surface area contributed by atoms with Crippen molar-refractivity contribution in [2.45, 2.75) is 19.4 Å². The number of carbonyl (C=O) groups is 1. The largest absolute Gasteiger partial charge is 0.323 e. The van der Waals surface area contributed by atoms with Gasteiger partial charge in [0.05, 0.1) is 5.92 Å². The fourth-order valence-electron chi connectivity index (χ4n) is 2.93. The van der Waals surface area contributed by atoms with Crippen LogP contribution >= 0.6 is 0 Å². The van der Waals surface area contributed by atoms with Gasteiger partial charge in [-0.05, 0) is 23.6 Å². The maximum Gasteiger partial charge on any atom is 0.231 e. The first-order valence-corrected chi connectivity index (χ1v) is 7.38. The molecule has 2 N–H and O–H groups in total. The molecule has 0 fully saturated rings. The Balaban J connectivity index is 1.80. The van der Waals surface area contributed by atoms with E-state index in [-0.39, 0.29) is 17.9 Å². The molecule has 2 aromatic rings. The SMILES string of the molecule is CC(C(=O)N1CCc2ccccc21)C(N)c1ccccc1. The number of hydrogen-bond donors (Lipinski definition) is 1. The highest BCUT2D eigenvalue weighted by atomic mass is 16.2. The normalized spacial score (nSPS) is 16.4. The molecule has 0 aromatic heterocycles. The van der Waals surface area contributed by atoms with Crippen LogP contribution in [0.15, 0.2) is 54.6 Å². The number of hydrogen-bond acceptors (Lipinski definition) is 2. The summed E-state index contributed by atoms with van der Waals surface area (Å²) >= 11 is 0. The first kappa shape index (κ1) is 13.8. The van der Waals surface area contributed by atoms with Crippen LogP contribution in [0.1, 0.15) is 24.1 Å². The zero-order valence-corrected chi connectivity index (χ0v) is 12.2. The third kappa shape index (κ3) is 2.57. The number of carbonyl (C=O) groups excluding carboxylic acids is 1. The van der Waals surface area contributed by atoms with Crippen molar-refractivity contribution >= 4 is 11.6 Å². The van der Waals surface area contributed by atoms with Gasteiger partial charge in [0.25, 0.3) is 0 Å². The number of nitrogens with two attached hydrogens (primary N) is 1. The Labute approximate surface area is 125 Å². The topological polar surface area (TPSA) is 46.3 Å². The molecule has 0 bridgehead atoms. The van der Waals surface area contributed by atoms with Crippen molar-refractivity contribution in [3.8, 4) is 0 Å². The van der Waals surface area contributed by atoms with E-state index in [1.54, 1.807) is 0 Å². The van der Waals surface area contributed by atoms with Gasteiger partial charge in [0.1, 0.15) is 0 Å². The third-order valence-electron chi connectivity index (χ3n) is 4.27. The summed E-state index contributed by atoms with van der Waals surface area (Å²) < 4.78 is 0. The van der Waals surface area contributed by atoms with Gasteiger partial charge in [-0.1, -0.05) is 55.5 Å². The summed E-state index contributed by atoms with van der Waals surface area (Å²) in [6.45, 7) is 2.67. The fourth-order valence-corrected chi connectivity index (χ4v) is 2.93. The molecule has 0 spiro atoms. The van der Waals surface area contributed by atoms with Crippen molar-refractivity contribution in [1.82, 2.24) is 0 Å². The Morgan fingerprint density at radius 1 is 1.10 bits per heavy atom. The van der Waals surface area contributed by atoms with Crippen LogP contribution in [-0.4, -0.2) is 12.5 Å². The predicted molar refractivity (Wildman–Crippen MR) is 85.0 cm³/mol. The fraction of sp³-hybridized carbons (Fsp3) is 0.278. The highest BCUT2D eigenvalue weighted by Crippen LogP contribution is 2.31. The number of amides is 1. The summed E-state index contributed by atoms with van der Waals surface area (Å²) in [5, 5.41) is 0.